The van der Waals surface area contributed by atoms with E-state index in [2.05, 4.69) is 11.6 Å². The predicted molar refractivity (Wildman–Crippen MR) is 26.0 cm³/mol. The molecule has 0 fully saturated rings. The normalized spacial score (nSPS) is 17.1. The van der Waals surface area contributed by atoms with Crippen LogP contribution in [0.25, 0.3) is 0 Å². The molecule has 0 bridgehead atoms. The molecule has 0 aliphatic heterocycles. The standard InChI is InChI=1S/C4H4ClF5/c1-2(3(5,6)7)4(8,9)10/h2H,1H3. The lowest BCUT2D eigenvalue weighted by Crippen LogP contribution is -2.32. The molecule has 1 atom stereocenters. The number of alkyl halides is 6. The number of hydrogen-bond acceptors (Lipinski definition) is 0. The zero-order valence-corrected chi connectivity index (χ0v) is 5.60. The van der Waals surface area contributed by atoms with Crippen LogP contribution in [0.5, 0.6) is 0 Å². The number of rotatable bonds is 1. The second kappa shape index (κ2) is 2.53. The number of hydrogen-bond donors (Lipinski definition) is 0. The minimum atomic E-state index is -4.94. The van der Waals surface area contributed by atoms with E-state index in [0.717, 1.165) is 0 Å². The van der Waals surface area contributed by atoms with Gasteiger partial charge in [-0.2, -0.15) is 22.0 Å². The van der Waals surface area contributed by atoms with Gasteiger partial charge in [0.2, 0.25) is 0 Å². The van der Waals surface area contributed by atoms with Gasteiger partial charge in [0, 0.05) is 0 Å². The smallest absolute Gasteiger partial charge is 0.188 e. The molecule has 0 aromatic carbocycles. The van der Waals surface area contributed by atoms with Crippen LogP contribution < -0.4 is 0 Å². The molecule has 0 amide bonds. The van der Waals surface area contributed by atoms with Gasteiger partial charge in [-0.05, 0) is 18.5 Å². The highest BCUT2D eigenvalue weighted by atomic mass is 35.5. The quantitative estimate of drug-likeness (QED) is 0.432. The van der Waals surface area contributed by atoms with Gasteiger partial charge in [-0.3, -0.25) is 0 Å². The maximum absolute atomic E-state index is 11.7. The van der Waals surface area contributed by atoms with Crippen LogP contribution in [0.1, 0.15) is 6.92 Å². The third-order valence-electron chi connectivity index (χ3n) is 0.982. The van der Waals surface area contributed by atoms with Crippen LogP contribution in [-0.2, 0) is 0 Å². The zero-order chi connectivity index (χ0) is 8.58. The monoisotopic (exact) mass is 182 g/mol. The van der Waals surface area contributed by atoms with Crippen molar-refractivity contribution in [1.29, 1.82) is 0 Å². The van der Waals surface area contributed by atoms with Crippen molar-refractivity contribution in [3.63, 3.8) is 0 Å². The molecule has 0 aliphatic carbocycles. The summed E-state index contributed by atoms with van der Waals surface area (Å²) in [5.41, 5.74) is 0. The summed E-state index contributed by atoms with van der Waals surface area (Å²) >= 11 is 4.11. The average molecular weight is 183 g/mol. The highest BCUT2D eigenvalue weighted by Crippen LogP contribution is 2.39. The molecule has 62 valence electrons. The Morgan fingerprint density at radius 2 is 1.40 bits per heavy atom. The van der Waals surface area contributed by atoms with E-state index in [4.69, 9.17) is 0 Å². The minimum absolute atomic E-state index is 0.326. The first-order valence-corrected chi connectivity index (χ1v) is 2.67. The van der Waals surface area contributed by atoms with E-state index in [9.17, 15) is 22.0 Å². The van der Waals surface area contributed by atoms with E-state index in [1.807, 2.05) is 0 Å². The highest BCUT2D eigenvalue weighted by Gasteiger charge is 2.51. The number of halogens is 6. The molecule has 0 nitrogen and oxygen atoms in total. The summed E-state index contributed by atoms with van der Waals surface area (Å²) in [5.74, 6) is -2.80. The van der Waals surface area contributed by atoms with E-state index in [-0.39, 0.29) is 0 Å². The van der Waals surface area contributed by atoms with Crippen molar-refractivity contribution in [1.82, 2.24) is 0 Å². The molecular formula is C4H4ClF5. The van der Waals surface area contributed by atoms with Crippen LogP contribution in [0, 0.1) is 5.92 Å². The van der Waals surface area contributed by atoms with Crippen molar-refractivity contribution in [2.24, 2.45) is 5.92 Å². The molecule has 0 N–H and O–H groups in total. The van der Waals surface area contributed by atoms with Crippen LogP contribution in [0.4, 0.5) is 22.0 Å². The molecule has 0 rings (SSSR count). The topological polar surface area (TPSA) is 0 Å². The molecule has 6 heteroatoms. The van der Waals surface area contributed by atoms with Gasteiger partial charge in [0.05, 0.1) is 0 Å². The Kier molecular flexibility index (Phi) is 2.51. The van der Waals surface area contributed by atoms with E-state index in [1.165, 1.54) is 0 Å². The summed E-state index contributed by atoms with van der Waals surface area (Å²) in [7, 11) is 0. The molecule has 0 saturated carbocycles. The maximum Gasteiger partial charge on any atom is 0.398 e. The minimum Gasteiger partial charge on any atom is -0.188 e. The Morgan fingerprint density at radius 1 is 1.10 bits per heavy atom. The van der Waals surface area contributed by atoms with Gasteiger partial charge in [0.15, 0.2) is 0 Å². The van der Waals surface area contributed by atoms with Gasteiger partial charge in [0.25, 0.3) is 0 Å². The Bertz CT molecular complexity index is 97.8. The first kappa shape index (κ1) is 9.94. The fourth-order valence-electron chi connectivity index (χ4n) is 0.186. The van der Waals surface area contributed by atoms with Gasteiger partial charge in [-0.15, -0.1) is 0 Å². The van der Waals surface area contributed by atoms with Crippen molar-refractivity contribution in [3.8, 4) is 0 Å². The lowest BCUT2D eigenvalue weighted by Gasteiger charge is -2.19. The molecule has 0 aliphatic rings. The first-order chi connectivity index (χ1) is 4.15. The molecule has 0 heterocycles. The highest BCUT2D eigenvalue weighted by molar-refractivity contribution is 6.21. The second-order valence-corrected chi connectivity index (χ2v) is 2.31. The van der Waals surface area contributed by atoms with Crippen LogP contribution in [-0.4, -0.2) is 11.6 Å². The predicted octanol–water partition coefficient (Wildman–Crippen LogP) is 3.02. The van der Waals surface area contributed by atoms with Crippen molar-refractivity contribution in [2.75, 3.05) is 0 Å². The Balaban J connectivity index is 4.23. The Morgan fingerprint density at radius 3 is 1.40 bits per heavy atom. The average Bonchev–Trinajstić information content (AvgIpc) is 1.59. The van der Waals surface area contributed by atoms with Crippen molar-refractivity contribution in [2.45, 2.75) is 18.5 Å². The molecule has 0 radical (unpaired) electrons. The first-order valence-electron chi connectivity index (χ1n) is 2.29. The molecule has 0 aromatic heterocycles. The summed E-state index contributed by atoms with van der Waals surface area (Å²) in [5, 5.41) is -4.21. The maximum atomic E-state index is 11.7. The van der Waals surface area contributed by atoms with Crippen LogP contribution >= 0.6 is 11.6 Å². The van der Waals surface area contributed by atoms with E-state index >= 15 is 0 Å². The van der Waals surface area contributed by atoms with Crippen LogP contribution in [0.2, 0.25) is 0 Å². The van der Waals surface area contributed by atoms with E-state index < -0.39 is 17.5 Å². The fraction of sp³-hybridized carbons (Fsp3) is 1.00. The van der Waals surface area contributed by atoms with Gasteiger partial charge in [-0.25, -0.2) is 0 Å². The lowest BCUT2D eigenvalue weighted by atomic mass is 10.2. The molecule has 1 unspecified atom stereocenters. The SMILES string of the molecule is CC(C(F)(F)F)C(F)(F)Cl. The Labute approximate surface area is 59.0 Å². The van der Waals surface area contributed by atoms with Crippen molar-refractivity contribution in [3.05, 3.63) is 0 Å². The van der Waals surface area contributed by atoms with Gasteiger partial charge >= 0.3 is 11.6 Å². The van der Waals surface area contributed by atoms with Crippen LogP contribution in [0.15, 0.2) is 0 Å². The Hall–Kier alpha value is -0.0600. The lowest BCUT2D eigenvalue weighted by molar-refractivity contribution is -0.211. The fourth-order valence-corrected chi connectivity index (χ4v) is 0.309. The second-order valence-electron chi connectivity index (χ2n) is 1.80. The third-order valence-corrected chi connectivity index (χ3v) is 1.31. The molecular weight excluding hydrogens is 178 g/mol. The summed E-state index contributed by atoms with van der Waals surface area (Å²) < 4.78 is 57.5. The molecule has 0 saturated heterocycles. The van der Waals surface area contributed by atoms with Crippen LogP contribution in [0.3, 0.4) is 0 Å². The van der Waals surface area contributed by atoms with Gasteiger partial charge in [-0.1, -0.05) is 0 Å². The molecule has 10 heavy (non-hydrogen) atoms. The molecule has 0 spiro atoms. The zero-order valence-electron chi connectivity index (χ0n) is 4.85. The van der Waals surface area contributed by atoms with Gasteiger partial charge in [0.1, 0.15) is 5.92 Å². The largest absolute Gasteiger partial charge is 0.398 e. The van der Waals surface area contributed by atoms with Gasteiger partial charge < -0.3 is 0 Å². The summed E-state index contributed by atoms with van der Waals surface area (Å²) in [6.07, 6.45) is -4.94. The van der Waals surface area contributed by atoms with Crippen molar-refractivity contribution >= 4 is 11.6 Å². The summed E-state index contributed by atoms with van der Waals surface area (Å²) in [6, 6.07) is 0. The summed E-state index contributed by atoms with van der Waals surface area (Å²) in [6.45, 7) is 0.326. The van der Waals surface area contributed by atoms with E-state index in [1.54, 1.807) is 0 Å². The van der Waals surface area contributed by atoms with E-state index in [0.29, 0.717) is 6.92 Å². The summed E-state index contributed by atoms with van der Waals surface area (Å²) in [4.78, 5) is 0. The molecule has 0 aromatic rings. The van der Waals surface area contributed by atoms with Crippen molar-refractivity contribution < 1.29 is 22.0 Å². The third kappa shape index (κ3) is 2.68.